The highest BCUT2D eigenvalue weighted by molar-refractivity contribution is 6.07. The molecule has 1 aliphatic rings. The standard InChI is InChI=1S/C14H19NO4/c1-10(16)8-11(17)14(6-5-7-15-14)9-12(18)19-13(2,3)4/h5-7H,8-9H2,1-4H3. The smallest absolute Gasteiger partial charge is 0.309 e. The number of carbonyl (C=O) groups excluding carboxylic acids is 3. The lowest BCUT2D eigenvalue weighted by atomic mass is 9.88. The molecule has 1 rings (SSSR count). The van der Waals surface area contributed by atoms with E-state index in [4.69, 9.17) is 4.74 Å². The van der Waals surface area contributed by atoms with Crippen molar-refractivity contribution in [1.29, 1.82) is 0 Å². The number of rotatable bonds is 5. The van der Waals surface area contributed by atoms with Crippen LogP contribution in [0.3, 0.4) is 0 Å². The molecule has 0 amide bonds. The van der Waals surface area contributed by atoms with Crippen LogP contribution in [0, 0.1) is 0 Å². The van der Waals surface area contributed by atoms with Crippen LogP contribution in [-0.4, -0.2) is 34.9 Å². The van der Waals surface area contributed by atoms with Crippen molar-refractivity contribution in [2.24, 2.45) is 4.99 Å². The van der Waals surface area contributed by atoms with Crippen LogP contribution in [0.1, 0.15) is 40.5 Å². The van der Waals surface area contributed by atoms with Gasteiger partial charge in [0, 0.05) is 6.21 Å². The van der Waals surface area contributed by atoms with E-state index in [0.717, 1.165) is 0 Å². The molecule has 0 aliphatic carbocycles. The predicted molar refractivity (Wildman–Crippen MR) is 71.1 cm³/mol. The average molecular weight is 265 g/mol. The molecular formula is C14H19NO4. The number of aliphatic imine (C=N–C) groups is 1. The first kappa shape index (κ1) is 15.3. The number of nitrogens with zero attached hydrogens (tertiary/aromatic N) is 1. The lowest BCUT2D eigenvalue weighted by molar-refractivity contribution is -0.157. The molecule has 1 atom stereocenters. The Bertz CT molecular complexity index is 443. The van der Waals surface area contributed by atoms with Crippen molar-refractivity contribution >= 4 is 23.8 Å². The molecule has 0 fully saturated rings. The molecule has 1 heterocycles. The van der Waals surface area contributed by atoms with Crippen LogP contribution in [-0.2, 0) is 19.1 Å². The molecule has 0 saturated heterocycles. The van der Waals surface area contributed by atoms with E-state index in [-0.39, 0.29) is 24.4 Å². The maximum atomic E-state index is 12.1. The van der Waals surface area contributed by atoms with Crippen molar-refractivity contribution in [3.8, 4) is 0 Å². The fourth-order valence-corrected chi connectivity index (χ4v) is 1.77. The van der Waals surface area contributed by atoms with E-state index in [9.17, 15) is 14.4 Å². The van der Waals surface area contributed by atoms with E-state index >= 15 is 0 Å². The van der Waals surface area contributed by atoms with Gasteiger partial charge in [0.15, 0.2) is 5.78 Å². The third-order valence-electron chi connectivity index (χ3n) is 2.49. The summed E-state index contributed by atoms with van der Waals surface area (Å²) in [6.45, 7) is 6.59. The zero-order chi connectivity index (χ0) is 14.7. The molecule has 0 aromatic carbocycles. The monoisotopic (exact) mass is 265 g/mol. The summed E-state index contributed by atoms with van der Waals surface area (Å²) in [6.07, 6.45) is 4.20. The Labute approximate surface area is 112 Å². The fraction of sp³-hybridized carbons (Fsp3) is 0.571. The van der Waals surface area contributed by atoms with Gasteiger partial charge in [0.1, 0.15) is 16.9 Å². The number of ketones is 2. The second-order valence-corrected chi connectivity index (χ2v) is 5.63. The molecular weight excluding hydrogens is 246 g/mol. The molecule has 0 saturated carbocycles. The third-order valence-corrected chi connectivity index (χ3v) is 2.49. The van der Waals surface area contributed by atoms with E-state index in [1.54, 1.807) is 32.9 Å². The summed E-state index contributed by atoms with van der Waals surface area (Å²) in [4.78, 5) is 39.0. The maximum absolute atomic E-state index is 12.1. The molecule has 0 N–H and O–H groups in total. The Hall–Kier alpha value is -1.78. The van der Waals surface area contributed by atoms with Crippen molar-refractivity contribution in [3.63, 3.8) is 0 Å². The van der Waals surface area contributed by atoms with Crippen LogP contribution in [0.4, 0.5) is 0 Å². The summed E-state index contributed by atoms with van der Waals surface area (Å²) in [6, 6.07) is 0. The second-order valence-electron chi connectivity index (χ2n) is 5.63. The summed E-state index contributed by atoms with van der Waals surface area (Å²) in [7, 11) is 0. The third kappa shape index (κ3) is 4.43. The summed E-state index contributed by atoms with van der Waals surface area (Å²) in [5.41, 5.74) is -1.89. The minimum Gasteiger partial charge on any atom is -0.460 e. The summed E-state index contributed by atoms with van der Waals surface area (Å²) < 4.78 is 5.20. The van der Waals surface area contributed by atoms with E-state index in [1.807, 2.05) is 0 Å². The molecule has 5 heteroatoms. The topological polar surface area (TPSA) is 72.8 Å². The molecule has 1 aliphatic heterocycles. The van der Waals surface area contributed by atoms with Crippen LogP contribution in [0.5, 0.6) is 0 Å². The molecule has 104 valence electrons. The largest absolute Gasteiger partial charge is 0.460 e. The van der Waals surface area contributed by atoms with Crippen molar-refractivity contribution < 1.29 is 19.1 Å². The van der Waals surface area contributed by atoms with Gasteiger partial charge in [0.05, 0.1) is 12.8 Å². The zero-order valence-corrected chi connectivity index (χ0v) is 11.7. The molecule has 1 unspecified atom stereocenters. The summed E-state index contributed by atoms with van der Waals surface area (Å²) >= 11 is 0. The van der Waals surface area contributed by atoms with Gasteiger partial charge in [-0.1, -0.05) is 0 Å². The number of allylic oxidation sites excluding steroid dienone is 1. The minimum absolute atomic E-state index is 0.177. The molecule has 0 aromatic heterocycles. The first-order valence-electron chi connectivity index (χ1n) is 6.12. The first-order valence-corrected chi connectivity index (χ1v) is 6.12. The van der Waals surface area contributed by atoms with E-state index in [2.05, 4.69) is 4.99 Å². The number of hydrogen-bond donors (Lipinski definition) is 0. The molecule has 0 bridgehead atoms. The van der Waals surface area contributed by atoms with E-state index in [0.29, 0.717) is 0 Å². The Balaban J connectivity index is 2.82. The SMILES string of the molecule is CC(=O)CC(=O)C1(CC(=O)OC(C)(C)C)C=CC=N1. The summed E-state index contributed by atoms with van der Waals surface area (Å²) in [5, 5.41) is 0. The predicted octanol–water partition coefficient (Wildman–Crippen LogP) is 1.65. The van der Waals surface area contributed by atoms with Gasteiger partial charge in [-0.05, 0) is 39.8 Å². The number of carbonyl (C=O) groups is 3. The van der Waals surface area contributed by atoms with Gasteiger partial charge < -0.3 is 4.74 Å². The van der Waals surface area contributed by atoms with Crippen LogP contribution in [0.2, 0.25) is 0 Å². The van der Waals surface area contributed by atoms with E-state index in [1.165, 1.54) is 13.1 Å². The highest BCUT2D eigenvalue weighted by atomic mass is 16.6. The van der Waals surface area contributed by atoms with Crippen molar-refractivity contribution in [3.05, 3.63) is 12.2 Å². The van der Waals surface area contributed by atoms with Crippen molar-refractivity contribution in [2.75, 3.05) is 0 Å². The lowest BCUT2D eigenvalue weighted by Crippen LogP contribution is -2.39. The van der Waals surface area contributed by atoms with Crippen molar-refractivity contribution in [2.45, 2.75) is 51.7 Å². The lowest BCUT2D eigenvalue weighted by Gasteiger charge is -2.25. The van der Waals surface area contributed by atoms with Crippen LogP contribution in [0.15, 0.2) is 17.1 Å². The van der Waals surface area contributed by atoms with Crippen LogP contribution < -0.4 is 0 Å². The van der Waals surface area contributed by atoms with Gasteiger partial charge in [-0.3, -0.25) is 19.4 Å². The Kier molecular flexibility index (Phi) is 4.39. The minimum atomic E-state index is -1.27. The van der Waals surface area contributed by atoms with Crippen molar-refractivity contribution in [1.82, 2.24) is 0 Å². The highest BCUT2D eigenvalue weighted by Gasteiger charge is 2.40. The van der Waals surface area contributed by atoms with Gasteiger partial charge in [-0.15, -0.1) is 0 Å². The Morgan fingerprint density at radius 1 is 1.26 bits per heavy atom. The van der Waals surface area contributed by atoms with Gasteiger partial charge >= 0.3 is 5.97 Å². The Morgan fingerprint density at radius 3 is 2.32 bits per heavy atom. The molecule has 0 spiro atoms. The van der Waals surface area contributed by atoms with E-state index < -0.39 is 17.1 Å². The molecule has 0 radical (unpaired) electrons. The zero-order valence-electron chi connectivity index (χ0n) is 11.7. The second kappa shape index (κ2) is 5.47. The number of Topliss-reactive ketones (excluding diaryl/α,β-unsaturated/α-hetero) is 2. The van der Waals surface area contributed by atoms with Gasteiger partial charge in [0.2, 0.25) is 0 Å². The number of esters is 1. The molecule has 5 nitrogen and oxygen atoms in total. The summed E-state index contributed by atoms with van der Waals surface area (Å²) in [5.74, 6) is -1.13. The number of ether oxygens (including phenoxy) is 1. The fourth-order valence-electron chi connectivity index (χ4n) is 1.77. The quantitative estimate of drug-likeness (QED) is 0.559. The molecule has 19 heavy (non-hydrogen) atoms. The number of hydrogen-bond acceptors (Lipinski definition) is 5. The first-order chi connectivity index (χ1) is 8.65. The van der Waals surface area contributed by atoms with Gasteiger partial charge in [0.25, 0.3) is 0 Å². The Morgan fingerprint density at radius 2 is 1.89 bits per heavy atom. The highest BCUT2D eigenvalue weighted by Crippen LogP contribution is 2.26. The van der Waals surface area contributed by atoms with Gasteiger partial charge in [-0.2, -0.15) is 0 Å². The molecule has 0 aromatic rings. The average Bonchev–Trinajstić information content (AvgIpc) is 2.63. The normalized spacial score (nSPS) is 21.5. The van der Waals surface area contributed by atoms with Crippen LogP contribution >= 0.6 is 0 Å². The van der Waals surface area contributed by atoms with Crippen LogP contribution in [0.25, 0.3) is 0 Å². The maximum Gasteiger partial charge on any atom is 0.309 e. The van der Waals surface area contributed by atoms with Gasteiger partial charge in [-0.25, -0.2) is 0 Å².